The first-order valence-electron chi connectivity index (χ1n) is 5.57. The summed E-state index contributed by atoms with van der Waals surface area (Å²) in [6.45, 7) is 6.55. The zero-order valence-electron chi connectivity index (χ0n) is 10.0. The second-order valence-electron chi connectivity index (χ2n) is 5.10. The second kappa shape index (κ2) is 4.12. The van der Waals surface area contributed by atoms with E-state index in [4.69, 9.17) is 0 Å². The number of aromatic nitrogens is 2. The van der Waals surface area contributed by atoms with Gasteiger partial charge in [-0.25, -0.2) is 0 Å². The van der Waals surface area contributed by atoms with Crippen molar-refractivity contribution in [2.75, 3.05) is 0 Å². The van der Waals surface area contributed by atoms with E-state index in [-0.39, 0.29) is 5.41 Å². The molecule has 1 aromatic carbocycles. The lowest BCUT2D eigenvalue weighted by atomic mass is 9.86. The van der Waals surface area contributed by atoms with Gasteiger partial charge in [0, 0.05) is 17.7 Å². The van der Waals surface area contributed by atoms with Gasteiger partial charge in [0.2, 0.25) is 0 Å². The van der Waals surface area contributed by atoms with Crippen LogP contribution in [0.5, 0.6) is 0 Å². The minimum atomic E-state index is 0.0944. The molecule has 0 atom stereocenters. The van der Waals surface area contributed by atoms with Crippen LogP contribution in [0.4, 0.5) is 0 Å². The molecule has 2 nitrogen and oxygen atoms in total. The van der Waals surface area contributed by atoms with Crippen LogP contribution in [0, 0.1) is 6.20 Å². The molecule has 0 saturated carbocycles. The lowest BCUT2D eigenvalue weighted by molar-refractivity contribution is 0.583. The fourth-order valence-electron chi connectivity index (χ4n) is 1.82. The van der Waals surface area contributed by atoms with Gasteiger partial charge in [0.15, 0.2) is 0 Å². The molecule has 0 aliphatic heterocycles. The van der Waals surface area contributed by atoms with E-state index >= 15 is 0 Å². The number of aromatic amines is 1. The lowest BCUT2D eigenvalue weighted by Gasteiger charge is -2.18. The molecule has 83 valence electrons. The largest absolute Gasteiger partial charge is 0.281 e. The molecule has 0 spiro atoms. The molecule has 1 heterocycles. The van der Waals surface area contributed by atoms with Crippen molar-refractivity contribution in [1.82, 2.24) is 10.2 Å². The molecule has 1 aromatic heterocycles. The van der Waals surface area contributed by atoms with E-state index in [1.54, 1.807) is 0 Å². The Kier molecular flexibility index (Phi) is 2.82. The summed E-state index contributed by atoms with van der Waals surface area (Å²) in [6.07, 6.45) is 3.95. The number of nitrogens with zero attached hydrogens (tertiary/aromatic N) is 1. The topological polar surface area (TPSA) is 28.7 Å². The van der Waals surface area contributed by atoms with Crippen molar-refractivity contribution >= 4 is 0 Å². The number of hydrogen-bond donors (Lipinski definition) is 1. The minimum Gasteiger partial charge on any atom is -0.281 e. The summed E-state index contributed by atoms with van der Waals surface area (Å²) < 4.78 is 0. The maximum atomic E-state index is 4.03. The van der Waals surface area contributed by atoms with E-state index in [9.17, 15) is 0 Å². The Balaban J connectivity index is 2.26. The Morgan fingerprint density at radius 1 is 1.19 bits per heavy atom. The van der Waals surface area contributed by atoms with Crippen LogP contribution in [-0.4, -0.2) is 10.2 Å². The van der Waals surface area contributed by atoms with Crippen LogP contribution in [-0.2, 0) is 11.8 Å². The predicted molar refractivity (Wildman–Crippen MR) is 65.4 cm³/mol. The molecular weight excluding hydrogens is 196 g/mol. The molecule has 2 heteroatoms. The van der Waals surface area contributed by atoms with Gasteiger partial charge in [0.1, 0.15) is 6.20 Å². The maximum absolute atomic E-state index is 4.03. The standard InChI is InChI=1S/C14H17N2/c1-14(2,3)12-10-15-16-13(12)9-11-7-5-4-6-8-11/h4-8H,9H2,1-3H3,(H,15,16). The Hall–Kier alpha value is -1.57. The van der Waals surface area contributed by atoms with Gasteiger partial charge in [-0.1, -0.05) is 51.1 Å². The van der Waals surface area contributed by atoms with Gasteiger partial charge in [-0.2, -0.15) is 5.10 Å². The summed E-state index contributed by atoms with van der Waals surface area (Å²) >= 11 is 0. The van der Waals surface area contributed by atoms with Crippen molar-refractivity contribution in [3.8, 4) is 0 Å². The molecule has 16 heavy (non-hydrogen) atoms. The van der Waals surface area contributed by atoms with Gasteiger partial charge in [0.25, 0.3) is 0 Å². The van der Waals surface area contributed by atoms with Gasteiger partial charge >= 0.3 is 0 Å². The quantitative estimate of drug-likeness (QED) is 0.816. The molecule has 2 rings (SSSR count). The van der Waals surface area contributed by atoms with E-state index in [2.05, 4.69) is 61.4 Å². The Labute approximate surface area is 96.7 Å². The van der Waals surface area contributed by atoms with Crippen molar-refractivity contribution in [2.45, 2.75) is 32.6 Å². The van der Waals surface area contributed by atoms with Crippen molar-refractivity contribution in [3.63, 3.8) is 0 Å². The van der Waals surface area contributed by atoms with Crippen molar-refractivity contribution < 1.29 is 0 Å². The molecule has 1 radical (unpaired) electrons. The molecule has 0 amide bonds. The summed E-state index contributed by atoms with van der Waals surface area (Å²) in [4.78, 5) is 0. The lowest BCUT2D eigenvalue weighted by Crippen LogP contribution is -2.13. The highest BCUT2D eigenvalue weighted by atomic mass is 15.1. The summed E-state index contributed by atoms with van der Waals surface area (Å²) in [6, 6.07) is 10.4. The number of benzene rings is 1. The molecule has 0 aliphatic rings. The Bertz CT molecular complexity index is 449. The highest BCUT2D eigenvalue weighted by Crippen LogP contribution is 2.25. The Morgan fingerprint density at radius 3 is 2.50 bits per heavy atom. The highest BCUT2D eigenvalue weighted by Gasteiger charge is 2.20. The SMILES string of the molecule is CC(C)(C)c1[c]n[nH]c1Cc1ccccc1. The molecule has 1 N–H and O–H groups in total. The van der Waals surface area contributed by atoms with Crippen LogP contribution >= 0.6 is 0 Å². The summed E-state index contributed by atoms with van der Waals surface area (Å²) in [5.74, 6) is 0. The number of nitrogens with one attached hydrogen (secondary N) is 1. The normalized spacial score (nSPS) is 11.7. The average Bonchev–Trinajstić information content (AvgIpc) is 2.67. The van der Waals surface area contributed by atoms with E-state index < -0.39 is 0 Å². The van der Waals surface area contributed by atoms with E-state index in [0.717, 1.165) is 6.42 Å². The first-order valence-corrected chi connectivity index (χ1v) is 5.57. The first kappa shape index (κ1) is 10.9. The van der Waals surface area contributed by atoms with Gasteiger partial charge in [-0.3, -0.25) is 5.10 Å². The van der Waals surface area contributed by atoms with Gasteiger partial charge in [-0.15, -0.1) is 0 Å². The molecule has 0 unspecified atom stereocenters. The third kappa shape index (κ3) is 2.32. The van der Waals surface area contributed by atoms with E-state index in [1.165, 1.54) is 16.8 Å². The third-order valence-electron chi connectivity index (χ3n) is 2.63. The highest BCUT2D eigenvalue weighted by molar-refractivity contribution is 5.29. The van der Waals surface area contributed by atoms with Crippen molar-refractivity contribution in [2.24, 2.45) is 0 Å². The third-order valence-corrected chi connectivity index (χ3v) is 2.63. The molecule has 2 aromatic rings. The average molecular weight is 213 g/mol. The number of hydrogen-bond acceptors (Lipinski definition) is 1. The van der Waals surface area contributed by atoms with Crippen LogP contribution in [0.3, 0.4) is 0 Å². The Morgan fingerprint density at radius 2 is 1.88 bits per heavy atom. The predicted octanol–water partition coefficient (Wildman–Crippen LogP) is 3.10. The van der Waals surface area contributed by atoms with Crippen LogP contribution in [0.2, 0.25) is 0 Å². The maximum Gasteiger partial charge on any atom is 0.117 e. The number of H-pyrrole nitrogens is 1. The van der Waals surface area contributed by atoms with Gasteiger partial charge < -0.3 is 0 Å². The minimum absolute atomic E-state index is 0.0944. The molecule has 0 fully saturated rings. The van der Waals surface area contributed by atoms with Crippen molar-refractivity contribution in [3.05, 3.63) is 53.3 Å². The van der Waals surface area contributed by atoms with Crippen molar-refractivity contribution in [1.29, 1.82) is 0 Å². The molecular formula is C14H17N2. The van der Waals surface area contributed by atoms with Crippen LogP contribution < -0.4 is 0 Å². The fourth-order valence-corrected chi connectivity index (χ4v) is 1.82. The first-order chi connectivity index (χ1) is 7.57. The zero-order valence-corrected chi connectivity index (χ0v) is 10.0. The van der Waals surface area contributed by atoms with Crippen LogP contribution in [0.1, 0.15) is 37.6 Å². The summed E-state index contributed by atoms with van der Waals surface area (Å²) in [5.41, 5.74) is 3.73. The van der Waals surface area contributed by atoms with E-state index in [1.807, 2.05) is 6.07 Å². The monoisotopic (exact) mass is 213 g/mol. The summed E-state index contributed by atoms with van der Waals surface area (Å²) in [7, 11) is 0. The van der Waals surface area contributed by atoms with Gasteiger partial charge in [0.05, 0.1) is 0 Å². The molecule has 0 aliphatic carbocycles. The summed E-state index contributed by atoms with van der Waals surface area (Å²) in [5, 5.41) is 7.09. The molecule has 0 bridgehead atoms. The van der Waals surface area contributed by atoms with Gasteiger partial charge in [-0.05, 0) is 11.0 Å². The second-order valence-corrected chi connectivity index (χ2v) is 5.10. The van der Waals surface area contributed by atoms with E-state index in [0.29, 0.717) is 0 Å². The fraction of sp³-hybridized carbons (Fsp3) is 0.357. The molecule has 0 saturated heterocycles. The number of rotatable bonds is 2. The zero-order chi connectivity index (χ0) is 11.6. The van der Waals surface area contributed by atoms with Crippen LogP contribution in [0.25, 0.3) is 0 Å². The van der Waals surface area contributed by atoms with Crippen LogP contribution in [0.15, 0.2) is 30.3 Å². The smallest absolute Gasteiger partial charge is 0.117 e.